The maximum Gasteiger partial charge on any atom is 0.407 e. The van der Waals surface area contributed by atoms with E-state index in [1.807, 2.05) is 36.4 Å². The Bertz CT molecular complexity index is 1830. The molecule has 4 N–H and O–H groups in total. The molecule has 0 aliphatic carbocycles. The molecule has 11 heteroatoms. The molecule has 3 heterocycles. The Kier molecular flexibility index (Phi) is 8.26. The first-order valence-corrected chi connectivity index (χ1v) is 14.4. The number of rotatable bonds is 6. The number of alkyl carbamates (subject to hydrolysis) is 1. The second-order valence-corrected chi connectivity index (χ2v) is 11.9. The lowest BCUT2D eigenvalue weighted by atomic mass is 10.0. The number of halogens is 1. The van der Waals surface area contributed by atoms with Crippen molar-refractivity contribution in [3.63, 3.8) is 0 Å². The minimum Gasteiger partial charge on any atom is -0.451 e. The van der Waals surface area contributed by atoms with E-state index in [4.69, 9.17) is 15.2 Å². The number of nitrogens with two attached hydrogens (primary N) is 1. The first-order valence-electron chi connectivity index (χ1n) is 14.4. The van der Waals surface area contributed by atoms with Crippen LogP contribution in [-0.2, 0) is 4.74 Å². The molecule has 6 rings (SSSR count). The summed E-state index contributed by atoms with van der Waals surface area (Å²) in [5.41, 5.74) is 5.39. The summed E-state index contributed by atoms with van der Waals surface area (Å²) in [5, 5.41) is 7.49. The van der Waals surface area contributed by atoms with Crippen molar-refractivity contribution in [2.75, 3.05) is 31.1 Å². The molecule has 2 aliphatic heterocycles. The topological polar surface area (TPSA) is 128 Å². The van der Waals surface area contributed by atoms with Gasteiger partial charge in [0.1, 0.15) is 22.4 Å². The average Bonchev–Trinajstić information content (AvgIpc) is 3.39. The van der Waals surface area contributed by atoms with E-state index in [-0.39, 0.29) is 35.9 Å². The van der Waals surface area contributed by atoms with Crippen molar-refractivity contribution in [3.05, 3.63) is 70.3 Å². The smallest absolute Gasteiger partial charge is 0.407 e. The quantitative estimate of drug-likeness (QED) is 0.228. The van der Waals surface area contributed by atoms with Gasteiger partial charge in [0.15, 0.2) is 17.3 Å². The van der Waals surface area contributed by atoms with E-state index in [0.717, 1.165) is 10.8 Å². The van der Waals surface area contributed by atoms with Crippen LogP contribution in [0.5, 0.6) is 11.5 Å². The van der Waals surface area contributed by atoms with Crippen LogP contribution in [-0.4, -0.2) is 54.4 Å². The van der Waals surface area contributed by atoms with E-state index in [2.05, 4.69) is 10.6 Å². The number of nitrogens with zero attached hydrogens (tertiary/aromatic N) is 2. The van der Waals surface area contributed by atoms with Crippen LogP contribution in [0, 0.1) is 5.82 Å². The molecule has 2 amide bonds. The standard InChI is InChI=1S/C32H34FN5O5.CH4/c1-32(2,3)43-31(41)36-20-9-12-37(16-20)27-23(33)15-21-26-29(27)42-25-14-19-8-5-4-7-18(19)13-24(25)38(26)17-22(28(21)39)30(40)35-11-6-10-34;/h4-5,7-8,13-15,17,20H,6,9-12,16,34H2,1-3H3,(H,35,40)(H,36,41);1H4/t20-;/m1./s1. The van der Waals surface area contributed by atoms with E-state index in [0.29, 0.717) is 56.0 Å². The van der Waals surface area contributed by atoms with Gasteiger partial charge in [0, 0.05) is 25.8 Å². The minimum atomic E-state index is -0.658. The molecule has 0 radical (unpaired) electrons. The Balaban J connectivity index is 0.00000384. The Hall–Kier alpha value is -4.64. The number of pyridine rings is 1. The summed E-state index contributed by atoms with van der Waals surface area (Å²) in [7, 11) is 0. The third-order valence-corrected chi connectivity index (χ3v) is 7.61. The molecule has 44 heavy (non-hydrogen) atoms. The largest absolute Gasteiger partial charge is 0.451 e. The van der Waals surface area contributed by atoms with Crippen LogP contribution in [0.3, 0.4) is 0 Å². The zero-order valence-corrected chi connectivity index (χ0v) is 24.3. The summed E-state index contributed by atoms with van der Waals surface area (Å²) < 4.78 is 29.6. The summed E-state index contributed by atoms with van der Waals surface area (Å²) >= 11 is 0. The maximum atomic E-state index is 16.1. The van der Waals surface area contributed by atoms with Gasteiger partial charge in [-0.15, -0.1) is 0 Å². The fourth-order valence-corrected chi connectivity index (χ4v) is 5.70. The fourth-order valence-electron chi connectivity index (χ4n) is 5.70. The van der Waals surface area contributed by atoms with Crippen LogP contribution in [0.25, 0.3) is 27.4 Å². The van der Waals surface area contributed by atoms with Gasteiger partial charge in [-0.1, -0.05) is 31.7 Å². The van der Waals surface area contributed by atoms with Crippen LogP contribution in [0.4, 0.5) is 14.9 Å². The molecule has 1 saturated heterocycles. The number of hydrogen-bond acceptors (Lipinski definition) is 7. The normalized spacial score (nSPS) is 15.4. The number of carbonyl (C=O) groups is 2. The van der Waals surface area contributed by atoms with Crippen molar-refractivity contribution < 1.29 is 23.5 Å². The highest BCUT2D eigenvalue weighted by Gasteiger charge is 2.34. The molecular weight excluding hydrogens is 565 g/mol. The third kappa shape index (κ3) is 5.67. The van der Waals surface area contributed by atoms with Crippen molar-refractivity contribution in [2.45, 2.75) is 52.7 Å². The second-order valence-electron chi connectivity index (χ2n) is 11.9. The molecule has 1 atom stereocenters. The maximum absolute atomic E-state index is 16.1. The molecule has 10 nitrogen and oxygen atoms in total. The Morgan fingerprint density at radius 2 is 1.89 bits per heavy atom. The molecule has 0 bridgehead atoms. The molecule has 0 unspecified atom stereocenters. The fraction of sp³-hybridized carbons (Fsp3) is 0.364. The highest BCUT2D eigenvalue weighted by molar-refractivity contribution is 6.02. The van der Waals surface area contributed by atoms with E-state index >= 15 is 4.39 Å². The molecular formula is C33H38FN5O5. The molecule has 1 fully saturated rings. The van der Waals surface area contributed by atoms with Gasteiger partial charge in [-0.3, -0.25) is 9.59 Å². The zero-order chi connectivity index (χ0) is 30.5. The summed E-state index contributed by atoms with van der Waals surface area (Å²) in [6.45, 7) is 6.82. The lowest BCUT2D eigenvalue weighted by molar-refractivity contribution is 0.0508. The van der Waals surface area contributed by atoms with Crippen molar-refractivity contribution in [3.8, 4) is 17.2 Å². The number of ether oxygens (including phenoxy) is 2. The van der Waals surface area contributed by atoms with Gasteiger partial charge in [0.25, 0.3) is 5.91 Å². The Morgan fingerprint density at radius 1 is 1.16 bits per heavy atom. The number of hydrogen-bond donors (Lipinski definition) is 3. The van der Waals surface area contributed by atoms with E-state index < -0.39 is 28.8 Å². The van der Waals surface area contributed by atoms with Gasteiger partial charge in [-0.05, 0) is 69.1 Å². The number of aromatic nitrogens is 1. The molecule has 2 aliphatic rings. The average molecular weight is 604 g/mol. The first kappa shape index (κ1) is 30.8. The molecule has 0 saturated carbocycles. The predicted octanol–water partition coefficient (Wildman–Crippen LogP) is 5.21. The van der Waals surface area contributed by atoms with Crippen LogP contribution < -0.4 is 31.4 Å². The van der Waals surface area contributed by atoms with Crippen molar-refractivity contribution in [1.82, 2.24) is 15.2 Å². The Labute approximate surface area is 254 Å². The van der Waals surface area contributed by atoms with Crippen LogP contribution in [0.15, 0.2) is 53.5 Å². The second kappa shape index (κ2) is 11.8. The number of anilines is 1. The highest BCUT2D eigenvalue weighted by Crippen LogP contribution is 2.48. The minimum absolute atomic E-state index is 0. The summed E-state index contributed by atoms with van der Waals surface area (Å²) in [5.74, 6) is -0.573. The summed E-state index contributed by atoms with van der Waals surface area (Å²) in [6.07, 6.45) is 2.08. The van der Waals surface area contributed by atoms with E-state index in [9.17, 15) is 14.4 Å². The van der Waals surface area contributed by atoms with Gasteiger partial charge in [0.05, 0.1) is 17.1 Å². The summed E-state index contributed by atoms with van der Waals surface area (Å²) in [6, 6.07) is 12.4. The van der Waals surface area contributed by atoms with Crippen molar-refractivity contribution in [1.29, 1.82) is 0 Å². The highest BCUT2D eigenvalue weighted by atomic mass is 19.1. The van der Waals surface area contributed by atoms with Crippen LogP contribution >= 0.6 is 0 Å². The number of amides is 2. The number of nitrogens with one attached hydrogen (secondary N) is 2. The van der Waals surface area contributed by atoms with Crippen molar-refractivity contribution in [2.24, 2.45) is 5.73 Å². The van der Waals surface area contributed by atoms with Crippen LogP contribution in [0.1, 0.15) is 51.4 Å². The molecule has 3 aromatic carbocycles. The van der Waals surface area contributed by atoms with Crippen molar-refractivity contribution >= 4 is 39.4 Å². The SMILES string of the molecule is C.CC(C)(C)OC(=O)N[C@@H]1CCN(c2c(F)cc3c(=O)c(C(=O)NCCCN)cn4c3c2Oc2cc3ccccc3cc2-4)C1. The van der Waals surface area contributed by atoms with Gasteiger partial charge in [-0.25, -0.2) is 9.18 Å². The molecule has 1 aromatic heterocycles. The number of benzene rings is 3. The monoisotopic (exact) mass is 603 g/mol. The lowest BCUT2D eigenvalue weighted by Crippen LogP contribution is -2.40. The Morgan fingerprint density at radius 3 is 2.59 bits per heavy atom. The van der Waals surface area contributed by atoms with Gasteiger partial charge < -0.3 is 35.3 Å². The molecule has 4 aromatic rings. The molecule has 0 spiro atoms. The lowest BCUT2D eigenvalue weighted by Gasteiger charge is -2.29. The predicted molar refractivity (Wildman–Crippen MR) is 170 cm³/mol. The van der Waals surface area contributed by atoms with E-state index in [1.54, 1.807) is 30.2 Å². The third-order valence-electron chi connectivity index (χ3n) is 7.61. The van der Waals surface area contributed by atoms with Gasteiger partial charge >= 0.3 is 6.09 Å². The van der Waals surface area contributed by atoms with Crippen LogP contribution in [0.2, 0.25) is 0 Å². The van der Waals surface area contributed by atoms with Gasteiger partial charge in [-0.2, -0.15) is 0 Å². The van der Waals surface area contributed by atoms with E-state index in [1.165, 1.54) is 12.3 Å². The first-order chi connectivity index (χ1) is 20.5. The number of fused-ring (bicyclic) bond motifs is 3. The zero-order valence-electron chi connectivity index (χ0n) is 24.3. The number of carbonyl (C=O) groups excluding carboxylic acids is 2. The van der Waals surface area contributed by atoms with Gasteiger partial charge in [0.2, 0.25) is 5.43 Å². The summed E-state index contributed by atoms with van der Waals surface area (Å²) in [4.78, 5) is 41.0. The molecule has 232 valence electrons.